The molecular formula is C22H32IN5O2. The summed E-state index contributed by atoms with van der Waals surface area (Å²) in [6, 6.07) is 11.8. The lowest BCUT2D eigenvalue weighted by Gasteiger charge is -2.19. The summed E-state index contributed by atoms with van der Waals surface area (Å²) in [6.07, 6.45) is 4.35. The number of nitrogens with one attached hydrogen (secondary N) is 2. The van der Waals surface area contributed by atoms with Crippen molar-refractivity contribution in [1.29, 1.82) is 0 Å². The van der Waals surface area contributed by atoms with E-state index in [2.05, 4.69) is 31.6 Å². The first-order valence-electron chi connectivity index (χ1n) is 10.1. The summed E-state index contributed by atoms with van der Waals surface area (Å²) < 4.78 is 11.2. The summed E-state index contributed by atoms with van der Waals surface area (Å²) in [5, 5.41) is 6.67. The Kier molecular flexibility index (Phi) is 9.99. The predicted molar refractivity (Wildman–Crippen MR) is 132 cm³/mol. The monoisotopic (exact) mass is 525 g/mol. The number of hydrogen-bond acceptors (Lipinski definition) is 5. The van der Waals surface area contributed by atoms with Crippen LogP contribution in [0.1, 0.15) is 25.3 Å². The average molecular weight is 525 g/mol. The van der Waals surface area contributed by atoms with E-state index >= 15 is 0 Å². The maximum Gasteiger partial charge on any atom is 0.191 e. The standard InChI is InChI=1S/C22H31N5O2.HI/c1-17(29-20-8-6-7-19(14-20)28-3)15-25-22(23-2)26-16-18-9-10-24-21(13-18)27-11-4-5-12-27;/h6-10,13-14,17H,4-5,11-12,15-16H2,1-3H3,(H2,23,25,26);1H. The minimum absolute atomic E-state index is 0. The smallest absolute Gasteiger partial charge is 0.191 e. The van der Waals surface area contributed by atoms with E-state index in [1.165, 1.54) is 18.4 Å². The molecule has 3 rings (SSSR count). The average Bonchev–Trinajstić information content (AvgIpc) is 3.29. The molecule has 0 spiro atoms. The molecule has 1 atom stereocenters. The number of guanidine groups is 1. The quantitative estimate of drug-likeness (QED) is 0.313. The summed E-state index contributed by atoms with van der Waals surface area (Å²) in [7, 11) is 3.42. The molecule has 0 saturated carbocycles. The number of nitrogens with zero attached hydrogens (tertiary/aromatic N) is 3. The lowest BCUT2D eigenvalue weighted by molar-refractivity contribution is 0.223. The molecule has 1 unspecified atom stereocenters. The van der Waals surface area contributed by atoms with Crippen molar-refractivity contribution >= 4 is 35.8 Å². The number of aromatic nitrogens is 1. The molecule has 1 aliphatic heterocycles. The first-order chi connectivity index (χ1) is 14.2. The number of halogens is 1. The third-order valence-corrected chi connectivity index (χ3v) is 4.86. The van der Waals surface area contributed by atoms with Crippen LogP contribution in [0, 0.1) is 0 Å². The first kappa shape index (κ1) is 24.0. The van der Waals surface area contributed by atoms with Crippen LogP contribution in [0.15, 0.2) is 47.6 Å². The summed E-state index contributed by atoms with van der Waals surface area (Å²) in [5.74, 6) is 3.37. The predicted octanol–water partition coefficient (Wildman–Crippen LogP) is 3.44. The molecule has 0 bridgehead atoms. The van der Waals surface area contributed by atoms with E-state index in [0.717, 1.165) is 36.4 Å². The fraction of sp³-hybridized carbons (Fsp3) is 0.455. The molecule has 1 fully saturated rings. The molecule has 1 saturated heterocycles. The number of hydrogen-bond donors (Lipinski definition) is 2. The van der Waals surface area contributed by atoms with Gasteiger partial charge in [-0.3, -0.25) is 4.99 Å². The number of pyridine rings is 1. The lowest BCUT2D eigenvalue weighted by atomic mass is 10.2. The Morgan fingerprint density at radius 2 is 1.93 bits per heavy atom. The SMILES string of the molecule is CN=C(NCc1ccnc(N2CCCC2)c1)NCC(C)Oc1cccc(OC)c1.I. The maximum atomic E-state index is 5.95. The van der Waals surface area contributed by atoms with E-state index in [-0.39, 0.29) is 30.1 Å². The number of anilines is 1. The van der Waals surface area contributed by atoms with Crippen LogP contribution in [-0.4, -0.2) is 50.8 Å². The van der Waals surface area contributed by atoms with Crippen LogP contribution in [-0.2, 0) is 6.54 Å². The van der Waals surface area contributed by atoms with E-state index in [9.17, 15) is 0 Å². The minimum Gasteiger partial charge on any atom is -0.497 e. The van der Waals surface area contributed by atoms with Gasteiger partial charge in [-0.2, -0.15) is 0 Å². The van der Waals surface area contributed by atoms with Gasteiger partial charge in [0, 0.05) is 38.9 Å². The van der Waals surface area contributed by atoms with Gasteiger partial charge in [-0.1, -0.05) is 6.07 Å². The fourth-order valence-corrected chi connectivity index (χ4v) is 3.28. The van der Waals surface area contributed by atoms with Gasteiger partial charge in [-0.15, -0.1) is 24.0 Å². The molecule has 2 aromatic rings. The van der Waals surface area contributed by atoms with E-state index in [1.54, 1.807) is 14.2 Å². The van der Waals surface area contributed by atoms with Gasteiger partial charge < -0.3 is 25.0 Å². The summed E-state index contributed by atoms with van der Waals surface area (Å²) in [4.78, 5) is 11.2. The van der Waals surface area contributed by atoms with Crippen molar-refractivity contribution in [1.82, 2.24) is 15.6 Å². The van der Waals surface area contributed by atoms with Crippen LogP contribution in [0.25, 0.3) is 0 Å². The highest BCUT2D eigenvalue weighted by atomic mass is 127. The summed E-state index contributed by atoms with van der Waals surface area (Å²) >= 11 is 0. The van der Waals surface area contributed by atoms with Crippen molar-refractivity contribution in [3.05, 3.63) is 48.2 Å². The molecule has 1 aromatic heterocycles. The van der Waals surface area contributed by atoms with Crippen molar-refractivity contribution in [3.63, 3.8) is 0 Å². The van der Waals surface area contributed by atoms with Crippen LogP contribution in [0.4, 0.5) is 5.82 Å². The van der Waals surface area contributed by atoms with Crippen LogP contribution >= 0.6 is 24.0 Å². The maximum absolute atomic E-state index is 5.95. The van der Waals surface area contributed by atoms with Gasteiger partial charge >= 0.3 is 0 Å². The van der Waals surface area contributed by atoms with Crippen molar-refractivity contribution in [2.45, 2.75) is 32.4 Å². The highest BCUT2D eigenvalue weighted by Gasteiger charge is 2.13. The molecule has 2 heterocycles. The highest BCUT2D eigenvalue weighted by Crippen LogP contribution is 2.20. The number of methoxy groups -OCH3 is 1. The lowest BCUT2D eigenvalue weighted by Crippen LogP contribution is -2.41. The Bertz CT molecular complexity index is 812. The van der Waals surface area contributed by atoms with E-state index in [0.29, 0.717) is 13.1 Å². The zero-order chi connectivity index (χ0) is 20.5. The first-order valence-corrected chi connectivity index (χ1v) is 10.1. The minimum atomic E-state index is -0.0247. The molecule has 0 amide bonds. The van der Waals surface area contributed by atoms with E-state index < -0.39 is 0 Å². The van der Waals surface area contributed by atoms with Crippen molar-refractivity contribution in [2.24, 2.45) is 4.99 Å². The third kappa shape index (κ3) is 7.23. The Hall–Kier alpha value is -2.23. The van der Waals surface area contributed by atoms with Crippen molar-refractivity contribution < 1.29 is 9.47 Å². The van der Waals surface area contributed by atoms with E-state index in [1.807, 2.05) is 43.5 Å². The van der Waals surface area contributed by atoms with Gasteiger partial charge in [0.25, 0.3) is 0 Å². The third-order valence-electron chi connectivity index (χ3n) is 4.86. The Morgan fingerprint density at radius 3 is 2.67 bits per heavy atom. The molecule has 0 radical (unpaired) electrons. The summed E-state index contributed by atoms with van der Waals surface area (Å²) in [6.45, 7) is 5.53. The molecule has 7 nitrogen and oxygen atoms in total. The molecular weight excluding hydrogens is 493 g/mol. The van der Waals surface area contributed by atoms with Gasteiger partial charge in [0.15, 0.2) is 5.96 Å². The zero-order valence-electron chi connectivity index (χ0n) is 17.9. The molecule has 1 aliphatic rings. The van der Waals surface area contributed by atoms with Crippen LogP contribution in [0.3, 0.4) is 0 Å². The Labute approximate surface area is 196 Å². The molecule has 0 aliphatic carbocycles. The highest BCUT2D eigenvalue weighted by molar-refractivity contribution is 14.0. The van der Waals surface area contributed by atoms with Gasteiger partial charge in [0.1, 0.15) is 23.4 Å². The van der Waals surface area contributed by atoms with Crippen LogP contribution < -0.4 is 25.0 Å². The zero-order valence-corrected chi connectivity index (χ0v) is 20.3. The fourth-order valence-electron chi connectivity index (χ4n) is 3.28. The Morgan fingerprint density at radius 1 is 1.17 bits per heavy atom. The largest absolute Gasteiger partial charge is 0.497 e. The number of benzene rings is 1. The molecule has 2 N–H and O–H groups in total. The topological polar surface area (TPSA) is 71.0 Å². The molecule has 1 aromatic carbocycles. The van der Waals surface area contributed by atoms with E-state index in [4.69, 9.17) is 9.47 Å². The molecule has 164 valence electrons. The number of rotatable bonds is 8. The summed E-state index contributed by atoms with van der Waals surface area (Å²) in [5.41, 5.74) is 1.19. The van der Waals surface area contributed by atoms with Gasteiger partial charge in [-0.25, -0.2) is 4.98 Å². The molecule has 8 heteroatoms. The normalized spacial score (nSPS) is 14.6. The number of ether oxygens (including phenoxy) is 2. The van der Waals surface area contributed by atoms with Gasteiger partial charge in [0.2, 0.25) is 0 Å². The van der Waals surface area contributed by atoms with Gasteiger partial charge in [-0.05, 0) is 49.6 Å². The van der Waals surface area contributed by atoms with Crippen molar-refractivity contribution in [3.8, 4) is 11.5 Å². The van der Waals surface area contributed by atoms with Crippen molar-refractivity contribution in [2.75, 3.05) is 38.7 Å². The number of aliphatic imine (C=N–C) groups is 1. The van der Waals surface area contributed by atoms with Gasteiger partial charge in [0.05, 0.1) is 13.7 Å². The second-order valence-electron chi connectivity index (χ2n) is 7.13. The molecule has 30 heavy (non-hydrogen) atoms. The second-order valence-corrected chi connectivity index (χ2v) is 7.13. The van der Waals surface area contributed by atoms with Crippen LogP contribution in [0.2, 0.25) is 0 Å². The Balaban J connectivity index is 0.00000320. The van der Waals surface area contributed by atoms with Crippen LogP contribution in [0.5, 0.6) is 11.5 Å². The second kappa shape index (κ2) is 12.5.